The van der Waals surface area contributed by atoms with Crippen molar-refractivity contribution in [2.75, 3.05) is 13.7 Å². The first-order valence-electron chi connectivity index (χ1n) is 6.74. The van der Waals surface area contributed by atoms with Gasteiger partial charge in [-0.25, -0.2) is 0 Å². The van der Waals surface area contributed by atoms with Gasteiger partial charge in [0.1, 0.15) is 12.4 Å². The Morgan fingerprint density at radius 1 is 1.55 bits per heavy atom. The van der Waals surface area contributed by atoms with Crippen molar-refractivity contribution < 1.29 is 14.6 Å². The zero-order chi connectivity index (χ0) is 14.5. The molecule has 106 valence electrons. The van der Waals surface area contributed by atoms with E-state index in [9.17, 15) is 4.79 Å². The van der Waals surface area contributed by atoms with E-state index in [0.717, 1.165) is 0 Å². The summed E-state index contributed by atoms with van der Waals surface area (Å²) >= 11 is 0. The van der Waals surface area contributed by atoms with Crippen LogP contribution in [0.4, 0.5) is 0 Å². The number of hydrogen-bond donors (Lipinski definition) is 2. The van der Waals surface area contributed by atoms with E-state index in [1.54, 1.807) is 25.3 Å². The van der Waals surface area contributed by atoms with Crippen LogP contribution in [0.25, 0.3) is 0 Å². The van der Waals surface area contributed by atoms with E-state index in [1.165, 1.54) is 12.8 Å². The molecule has 0 spiro atoms. The fourth-order valence-electron chi connectivity index (χ4n) is 2.09. The third-order valence-corrected chi connectivity index (χ3v) is 3.45. The normalized spacial score (nSPS) is 14.9. The summed E-state index contributed by atoms with van der Waals surface area (Å²) in [5.74, 6) is 6.47. The minimum absolute atomic E-state index is 0.0981. The Morgan fingerprint density at radius 2 is 2.30 bits per heavy atom. The molecule has 1 saturated carbocycles. The second-order valence-electron chi connectivity index (χ2n) is 4.97. The number of benzene rings is 1. The maximum atomic E-state index is 12.2. The SMILES string of the molecule is COc1ccc(C(=O)NC(C)C2CC2)cc1C#CCO. The largest absolute Gasteiger partial charge is 0.495 e. The van der Waals surface area contributed by atoms with Crippen molar-refractivity contribution in [3.8, 4) is 17.6 Å². The van der Waals surface area contributed by atoms with Crippen molar-refractivity contribution in [2.45, 2.75) is 25.8 Å². The number of rotatable bonds is 4. The lowest BCUT2D eigenvalue weighted by Gasteiger charge is -2.13. The van der Waals surface area contributed by atoms with Crippen LogP contribution in [0.15, 0.2) is 18.2 Å². The third-order valence-electron chi connectivity index (χ3n) is 3.45. The summed E-state index contributed by atoms with van der Waals surface area (Å²) < 4.78 is 5.19. The average Bonchev–Trinajstić information content (AvgIpc) is 3.29. The highest BCUT2D eigenvalue weighted by Crippen LogP contribution is 2.32. The van der Waals surface area contributed by atoms with Gasteiger partial charge in [0, 0.05) is 11.6 Å². The number of hydrogen-bond acceptors (Lipinski definition) is 3. The van der Waals surface area contributed by atoms with Crippen LogP contribution in [0.5, 0.6) is 5.75 Å². The van der Waals surface area contributed by atoms with Crippen LogP contribution in [0.1, 0.15) is 35.7 Å². The standard InChI is InChI=1S/C16H19NO3/c1-11(12-5-6-12)17-16(19)14-7-8-15(20-2)13(10-14)4-3-9-18/h7-8,10-12,18H,5-6,9H2,1-2H3,(H,17,19). The van der Waals surface area contributed by atoms with Gasteiger partial charge < -0.3 is 15.2 Å². The number of aliphatic hydroxyl groups excluding tert-OH is 1. The number of methoxy groups -OCH3 is 1. The molecule has 2 N–H and O–H groups in total. The zero-order valence-electron chi connectivity index (χ0n) is 11.8. The molecule has 1 unspecified atom stereocenters. The molecule has 1 aliphatic carbocycles. The lowest BCUT2D eigenvalue weighted by molar-refractivity contribution is 0.0936. The summed E-state index contributed by atoms with van der Waals surface area (Å²) in [6, 6.07) is 5.34. The average molecular weight is 273 g/mol. The summed E-state index contributed by atoms with van der Waals surface area (Å²) in [6.07, 6.45) is 2.38. The monoisotopic (exact) mass is 273 g/mol. The van der Waals surface area contributed by atoms with Gasteiger partial charge in [-0.1, -0.05) is 11.8 Å². The molecular formula is C16H19NO3. The van der Waals surface area contributed by atoms with Crippen LogP contribution < -0.4 is 10.1 Å². The topological polar surface area (TPSA) is 58.6 Å². The minimum Gasteiger partial charge on any atom is -0.495 e. The molecular weight excluding hydrogens is 254 g/mol. The molecule has 2 rings (SSSR count). The van der Waals surface area contributed by atoms with Gasteiger partial charge in [-0.05, 0) is 43.9 Å². The Bertz CT molecular complexity index is 553. The molecule has 20 heavy (non-hydrogen) atoms. The molecule has 0 radical (unpaired) electrons. The first-order valence-corrected chi connectivity index (χ1v) is 6.74. The number of carbonyl (C=O) groups excluding carboxylic acids is 1. The molecule has 1 aromatic rings. The lowest BCUT2D eigenvalue weighted by atomic mass is 10.1. The van der Waals surface area contributed by atoms with E-state index in [0.29, 0.717) is 22.8 Å². The molecule has 0 aliphatic heterocycles. The second-order valence-corrected chi connectivity index (χ2v) is 4.97. The van der Waals surface area contributed by atoms with Crippen LogP contribution in [0, 0.1) is 17.8 Å². The van der Waals surface area contributed by atoms with E-state index in [2.05, 4.69) is 17.2 Å². The van der Waals surface area contributed by atoms with E-state index >= 15 is 0 Å². The quantitative estimate of drug-likeness (QED) is 0.819. The fourth-order valence-corrected chi connectivity index (χ4v) is 2.09. The Hall–Kier alpha value is -1.99. The Balaban J connectivity index is 2.16. The van der Waals surface area contributed by atoms with E-state index in [4.69, 9.17) is 9.84 Å². The predicted molar refractivity (Wildman–Crippen MR) is 76.6 cm³/mol. The number of ether oxygens (including phenoxy) is 1. The van der Waals surface area contributed by atoms with Gasteiger partial charge in [0.2, 0.25) is 0 Å². The highest BCUT2D eigenvalue weighted by Gasteiger charge is 2.29. The zero-order valence-corrected chi connectivity index (χ0v) is 11.8. The molecule has 4 nitrogen and oxygen atoms in total. The van der Waals surface area contributed by atoms with Gasteiger partial charge in [-0.2, -0.15) is 0 Å². The Kier molecular flexibility index (Phi) is 4.65. The maximum Gasteiger partial charge on any atom is 0.251 e. The van der Waals surface area contributed by atoms with Crippen molar-refractivity contribution in [1.29, 1.82) is 0 Å². The smallest absolute Gasteiger partial charge is 0.251 e. The van der Waals surface area contributed by atoms with Crippen LogP contribution >= 0.6 is 0 Å². The van der Waals surface area contributed by atoms with Gasteiger partial charge >= 0.3 is 0 Å². The second kappa shape index (κ2) is 6.44. The van der Waals surface area contributed by atoms with E-state index in [1.807, 2.05) is 6.92 Å². The first-order chi connectivity index (χ1) is 9.65. The summed E-state index contributed by atoms with van der Waals surface area (Å²) in [5, 5.41) is 11.8. The lowest BCUT2D eigenvalue weighted by Crippen LogP contribution is -2.34. The third kappa shape index (κ3) is 3.52. The number of nitrogens with one attached hydrogen (secondary N) is 1. The minimum atomic E-state index is -0.224. The molecule has 1 amide bonds. The highest BCUT2D eigenvalue weighted by molar-refractivity contribution is 5.95. The molecule has 1 aromatic carbocycles. The molecule has 0 bridgehead atoms. The molecule has 1 fully saturated rings. The highest BCUT2D eigenvalue weighted by atomic mass is 16.5. The Labute approximate surface area is 119 Å². The van der Waals surface area contributed by atoms with Gasteiger partial charge in [0.15, 0.2) is 0 Å². The van der Waals surface area contributed by atoms with Gasteiger partial charge in [0.05, 0.1) is 12.7 Å². The summed E-state index contributed by atoms with van der Waals surface area (Å²) in [6.45, 7) is 1.81. The van der Waals surface area contributed by atoms with Crippen LogP contribution in [0.2, 0.25) is 0 Å². The number of carbonyl (C=O) groups is 1. The van der Waals surface area contributed by atoms with Crippen molar-refractivity contribution in [3.05, 3.63) is 29.3 Å². The summed E-state index contributed by atoms with van der Waals surface area (Å²) in [7, 11) is 1.55. The van der Waals surface area contributed by atoms with Crippen molar-refractivity contribution in [2.24, 2.45) is 5.92 Å². The molecule has 0 saturated heterocycles. The summed E-state index contributed by atoms with van der Waals surface area (Å²) in [5.41, 5.74) is 1.16. The molecule has 4 heteroatoms. The van der Waals surface area contributed by atoms with E-state index < -0.39 is 0 Å². The number of amides is 1. The maximum absolute atomic E-state index is 12.2. The molecule has 1 aliphatic rings. The molecule has 0 aromatic heterocycles. The number of aliphatic hydroxyl groups is 1. The van der Waals surface area contributed by atoms with Crippen molar-refractivity contribution in [3.63, 3.8) is 0 Å². The van der Waals surface area contributed by atoms with Crippen molar-refractivity contribution in [1.82, 2.24) is 5.32 Å². The van der Waals surface area contributed by atoms with E-state index in [-0.39, 0.29) is 18.6 Å². The van der Waals surface area contributed by atoms with Gasteiger partial charge in [-0.3, -0.25) is 4.79 Å². The predicted octanol–water partition coefficient (Wildman–Crippen LogP) is 1.57. The molecule has 1 atom stereocenters. The Morgan fingerprint density at radius 3 is 2.90 bits per heavy atom. The first kappa shape index (κ1) is 14.4. The van der Waals surface area contributed by atoms with Crippen molar-refractivity contribution >= 4 is 5.91 Å². The molecule has 0 heterocycles. The van der Waals surface area contributed by atoms with Crippen LogP contribution in [-0.2, 0) is 0 Å². The van der Waals surface area contributed by atoms with Crippen LogP contribution in [0.3, 0.4) is 0 Å². The van der Waals surface area contributed by atoms with Gasteiger partial charge in [0.25, 0.3) is 5.91 Å². The van der Waals surface area contributed by atoms with Gasteiger partial charge in [-0.15, -0.1) is 0 Å². The van der Waals surface area contributed by atoms with Crippen LogP contribution in [-0.4, -0.2) is 30.8 Å². The fraction of sp³-hybridized carbons (Fsp3) is 0.438. The summed E-state index contributed by atoms with van der Waals surface area (Å²) in [4.78, 5) is 12.2.